The largest absolute Gasteiger partial charge is 0.490 e. The van der Waals surface area contributed by atoms with E-state index in [4.69, 9.17) is 25.8 Å². The van der Waals surface area contributed by atoms with E-state index < -0.39 is 23.6 Å². The number of aromatic amines is 1. The lowest BCUT2D eigenvalue weighted by molar-refractivity contribution is -0.136. The molecule has 0 spiro atoms. The lowest BCUT2D eigenvalue weighted by Crippen LogP contribution is -2.19. The number of fused-ring (bicyclic) bond motifs is 1. The molecule has 4 aromatic carbocycles. The summed E-state index contributed by atoms with van der Waals surface area (Å²) in [5, 5.41) is 4.43. The second kappa shape index (κ2) is 14.8. The zero-order chi connectivity index (χ0) is 34.6. The highest BCUT2D eigenvalue weighted by Gasteiger charge is 2.35. The van der Waals surface area contributed by atoms with Crippen molar-refractivity contribution in [1.29, 1.82) is 0 Å². The van der Waals surface area contributed by atoms with Gasteiger partial charge < -0.3 is 19.2 Å². The molecule has 8 nitrogen and oxygen atoms in total. The standard InChI is InChI=1S/C34H25Br2ClF3N3O5/c1-3-46-26-13-12-18(15-27(26)47-4-2)33(45)48-31-19(14-20(35)16-24(31)36)17-41-43-32(44)30-28(21-8-5-6-11-25(21)37)22-9-7-10-23(29(22)42-30)34(38,39)40/h5-17,42H,3-4H2,1-2H3,(H,43,44). The summed E-state index contributed by atoms with van der Waals surface area (Å²) in [4.78, 5) is 29.4. The molecule has 0 radical (unpaired) electrons. The summed E-state index contributed by atoms with van der Waals surface area (Å²) in [5.74, 6) is -0.597. The maximum atomic E-state index is 13.9. The predicted octanol–water partition coefficient (Wildman–Crippen LogP) is 9.81. The van der Waals surface area contributed by atoms with Crippen molar-refractivity contribution in [2.24, 2.45) is 5.10 Å². The normalized spacial score (nSPS) is 11.6. The molecule has 5 aromatic rings. The van der Waals surface area contributed by atoms with Crippen LogP contribution in [0.2, 0.25) is 5.02 Å². The van der Waals surface area contributed by atoms with E-state index in [2.05, 4.69) is 47.4 Å². The van der Waals surface area contributed by atoms with Gasteiger partial charge in [0.2, 0.25) is 0 Å². The van der Waals surface area contributed by atoms with Gasteiger partial charge in [-0.15, -0.1) is 0 Å². The maximum Gasteiger partial charge on any atom is 0.418 e. The minimum absolute atomic E-state index is 0.0882. The third-order valence-electron chi connectivity index (χ3n) is 6.89. The number of esters is 1. The Hall–Kier alpha value is -4.33. The molecule has 2 N–H and O–H groups in total. The highest BCUT2D eigenvalue weighted by molar-refractivity contribution is 9.11. The van der Waals surface area contributed by atoms with Crippen molar-refractivity contribution < 1.29 is 37.0 Å². The van der Waals surface area contributed by atoms with Crippen LogP contribution in [0.3, 0.4) is 0 Å². The van der Waals surface area contributed by atoms with E-state index in [1.165, 1.54) is 30.5 Å². The summed E-state index contributed by atoms with van der Waals surface area (Å²) in [7, 11) is 0. The minimum atomic E-state index is -4.69. The zero-order valence-electron chi connectivity index (χ0n) is 25.2. The first-order chi connectivity index (χ1) is 22.9. The molecule has 14 heteroatoms. The number of hydrogen-bond donors (Lipinski definition) is 2. The van der Waals surface area contributed by atoms with Gasteiger partial charge in [0, 0.05) is 31.6 Å². The number of alkyl halides is 3. The van der Waals surface area contributed by atoms with Gasteiger partial charge in [-0.1, -0.05) is 57.9 Å². The summed E-state index contributed by atoms with van der Waals surface area (Å²) in [6.07, 6.45) is -3.45. The van der Waals surface area contributed by atoms with Gasteiger partial charge in [0.25, 0.3) is 5.91 Å². The smallest absolute Gasteiger partial charge is 0.418 e. The molecule has 48 heavy (non-hydrogen) atoms. The number of hydrogen-bond acceptors (Lipinski definition) is 6. The Kier molecular flexibility index (Phi) is 10.8. The fourth-order valence-electron chi connectivity index (χ4n) is 4.90. The Bertz CT molecular complexity index is 2050. The quantitative estimate of drug-likeness (QED) is 0.0634. The molecule has 0 atom stereocenters. The Morgan fingerprint density at radius 3 is 2.40 bits per heavy atom. The molecule has 0 aliphatic rings. The number of rotatable bonds is 10. The van der Waals surface area contributed by atoms with E-state index in [0.717, 1.165) is 6.07 Å². The fraction of sp³-hybridized carbons (Fsp3) is 0.147. The molecule has 0 saturated heterocycles. The van der Waals surface area contributed by atoms with Gasteiger partial charge in [-0.2, -0.15) is 18.3 Å². The average molecular weight is 808 g/mol. The highest BCUT2D eigenvalue weighted by atomic mass is 79.9. The molecule has 0 saturated carbocycles. The number of para-hydroxylation sites is 1. The van der Waals surface area contributed by atoms with Crippen molar-refractivity contribution in [3.05, 3.63) is 109 Å². The molecular weight excluding hydrogens is 783 g/mol. The topological polar surface area (TPSA) is 102 Å². The van der Waals surface area contributed by atoms with Gasteiger partial charge in [-0.3, -0.25) is 4.79 Å². The molecule has 1 heterocycles. The summed E-state index contributed by atoms with van der Waals surface area (Å²) in [5.41, 5.74) is 1.96. The zero-order valence-corrected chi connectivity index (χ0v) is 29.1. The van der Waals surface area contributed by atoms with Crippen LogP contribution in [-0.4, -0.2) is 36.3 Å². The van der Waals surface area contributed by atoms with Crippen molar-refractivity contribution >= 4 is 72.5 Å². The van der Waals surface area contributed by atoms with Crippen LogP contribution in [0.4, 0.5) is 13.2 Å². The molecular formula is C34H25Br2ClF3N3O5. The van der Waals surface area contributed by atoms with Crippen molar-refractivity contribution in [1.82, 2.24) is 10.4 Å². The van der Waals surface area contributed by atoms with E-state index in [1.54, 1.807) is 49.4 Å². The van der Waals surface area contributed by atoms with Gasteiger partial charge in [-0.05, 0) is 72.2 Å². The van der Waals surface area contributed by atoms with Gasteiger partial charge >= 0.3 is 12.1 Å². The number of aromatic nitrogens is 1. The third-order valence-corrected chi connectivity index (χ3v) is 8.27. The Balaban J connectivity index is 1.47. The summed E-state index contributed by atoms with van der Waals surface area (Å²) in [6.45, 7) is 4.39. The van der Waals surface area contributed by atoms with E-state index >= 15 is 0 Å². The van der Waals surface area contributed by atoms with E-state index in [9.17, 15) is 22.8 Å². The van der Waals surface area contributed by atoms with Crippen LogP contribution >= 0.6 is 43.5 Å². The van der Waals surface area contributed by atoms with Crippen molar-refractivity contribution in [3.8, 4) is 28.4 Å². The predicted molar refractivity (Wildman–Crippen MR) is 184 cm³/mol. The number of hydrazone groups is 1. The number of amides is 1. The maximum absolute atomic E-state index is 13.9. The SMILES string of the molecule is CCOc1ccc(C(=O)Oc2c(Br)cc(Br)cc2C=NNC(=O)c2[nH]c3c(C(F)(F)F)cccc3c2-c2ccccc2Cl)cc1OCC. The monoisotopic (exact) mass is 805 g/mol. The second-order valence-electron chi connectivity index (χ2n) is 10.0. The number of H-pyrrole nitrogens is 1. The number of nitrogens with zero attached hydrogens (tertiary/aromatic N) is 1. The van der Waals surface area contributed by atoms with E-state index in [0.29, 0.717) is 39.2 Å². The van der Waals surface area contributed by atoms with Crippen LogP contribution in [0, 0.1) is 0 Å². The van der Waals surface area contributed by atoms with Crippen LogP contribution in [-0.2, 0) is 6.18 Å². The Labute approximate surface area is 294 Å². The van der Waals surface area contributed by atoms with Crippen molar-refractivity contribution in [2.75, 3.05) is 13.2 Å². The molecule has 1 amide bonds. The highest BCUT2D eigenvalue weighted by Crippen LogP contribution is 2.41. The van der Waals surface area contributed by atoms with Gasteiger partial charge in [0.1, 0.15) is 5.69 Å². The van der Waals surface area contributed by atoms with Crippen LogP contribution < -0.4 is 19.6 Å². The minimum Gasteiger partial charge on any atom is -0.490 e. The lowest BCUT2D eigenvalue weighted by Gasteiger charge is -2.13. The molecule has 0 fully saturated rings. The molecule has 0 aliphatic heterocycles. The van der Waals surface area contributed by atoms with Gasteiger partial charge in [0.15, 0.2) is 17.2 Å². The Morgan fingerprint density at radius 1 is 0.958 bits per heavy atom. The first-order valence-corrected chi connectivity index (χ1v) is 16.3. The Morgan fingerprint density at radius 2 is 1.69 bits per heavy atom. The molecule has 1 aromatic heterocycles. The molecule has 5 rings (SSSR count). The number of nitrogens with one attached hydrogen (secondary N) is 2. The molecule has 0 unspecified atom stereocenters. The van der Waals surface area contributed by atoms with Crippen LogP contribution in [0.25, 0.3) is 22.0 Å². The second-order valence-corrected chi connectivity index (χ2v) is 12.2. The van der Waals surface area contributed by atoms with Crippen molar-refractivity contribution in [3.63, 3.8) is 0 Å². The number of halogens is 6. The molecule has 0 aliphatic carbocycles. The summed E-state index contributed by atoms with van der Waals surface area (Å²) in [6, 6.07) is 18.1. The summed E-state index contributed by atoms with van der Waals surface area (Å²) < 4.78 is 59.6. The van der Waals surface area contributed by atoms with E-state index in [-0.39, 0.29) is 44.1 Å². The summed E-state index contributed by atoms with van der Waals surface area (Å²) >= 11 is 13.2. The third kappa shape index (κ3) is 7.53. The first-order valence-electron chi connectivity index (χ1n) is 14.3. The van der Waals surface area contributed by atoms with Crippen LogP contribution in [0.15, 0.2) is 86.8 Å². The number of benzene rings is 4. The van der Waals surface area contributed by atoms with Gasteiger partial charge in [0.05, 0.1) is 40.5 Å². The van der Waals surface area contributed by atoms with Crippen molar-refractivity contribution in [2.45, 2.75) is 20.0 Å². The first kappa shape index (κ1) is 35.0. The van der Waals surface area contributed by atoms with Crippen LogP contribution in [0.1, 0.15) is 45.8 Å². The number of carbonyl (C=O) groups is 2. The fourth-order valence-corrected chi connectivity index (χ4v) is 6.47. The average Bonchev–Trinajstić information content (AvgIpc) is 3.43. The lowest BCUT2D eigenvalue weighted by atomic mass is 10.00. The molecule has 248 valence electrons. The van der Waals surface area contributed by atoms with Crippen LogP contribution in [0.5, 0.6) is 17.2 Å². The number of carbonyl (C=O) groups excluding carboxylic acids is 2. The van der Waals surface area contributed by atoms with E-state index in [1.807, 2.05) is 6.92 Å². The van der Waals surface area contributed by atoms with Gasteiger partial charge in [-0.25, -0.2) is 10.2 Å². The molecule has 0 bridgehead atoms. The number of ether oxygens (including phenoxy) is 3.